The smallest absolute Gasteiger partial charge is 0.252 e. The second-order valence-corrected chi connectivity index (χ2v) is 6.88. The van der Waals surface area contributed by atoms with Crippen LogP contribution in [0.2, 0.25) is 5.02 Å². The average Bonchev–Trinajstić information content (AvgIpc) is 2.91. The number of amides is 1. The van der Waals surface area contributed by atoms with Gasteiger partial charge in [0.2, 0.25) is 0 Å². The van der Waals surface area contributed by atoms with Crippen molar-refractivity contribution >= 4 is 39.1 Å². The lowest BCUT2D eigenvalue weighted by molar-refractivity contribution is -0.117. The molecule has 3 rings (SSSR count). The largest absolute Gasteiger partial charge is 0.497 e. The average molecular weight is 373 g/mol. The molecule has 2 aromatic carbocycles. The number of aromatic nitrogens is 1. The van der Waals surface area contributed by atoms with Gasteiger partial charge in [-0.15, -0.1) is 6.58 Å². The van der Waals surface area contributed by atoms with E-state index in [0.29, 0.717) is 16.4 Å². The molecule has 4 nitrogen and oxygen atoms in total. The number of methoxy groups -OCH3 is 1. The number of benzene rings is 2. The fourth-order valence-electron chi connectivity index (χ4n) is 2.54. The molecule has 0 atom stereocenters. The van der Waals surface area contributed by atoms with Gasteiger partial charge in [0.25, 0.3) is 5.91 Å². The fourth-order valence-corrected chi connectivity index (χ4v) is 3.87. The maximum atomic E-state index is 12.4. The number of allylic oxidation sites excluding steroid dienone is 1. The Balaban J connectivity index is 1.97. The van der Waals surface area contributed by atoms with Crippen molar-refractivity contribution < 1.29 is 9.53 Å². The second-order valence-electron chi connectivity index (χ2n) is 5.43. The summed E-state index contributed by atoms with van der Waals surface area (Å²) >= 11 is 7.51. The summed E-state index contributed by atoms with van der Waals surface area (Å²) in [5.74, 6) is 0.521. The quantitative estimate of drug-likeness (QED) is 0.629. The first-order chi connectivity index (χ1) is 12.1. The van der Waals surface area contributed by atoms with Gasteiger partial charge in [0.05, 0.1) is 23.7 Å². The summed E-state index contributed by atoms with van der Waals surface area (Å²) in [5.41, 5.74) is 1.86. The summed E-state index contributed by atoms with van der Waals surface area (Å²) in [6.45, 7) is 4.36. The van der Waals surface area contributed by atoms with Crippen molar-refractivity contribution in [2.45, 2.75) is 13.0 Å². The van der Waals surface area contributed by atoms with Gasteiger partial charge >= 0.3 is 0 Å². The van der Waals surface area contributed by atoms with Crippen LogP contribution in [0.15, 0.2) is 60.1 Å². The molecule has 1 heterocycles. The van der Waals surface area contributed by atoms with Crippen molar-refractivity contribution in [1.29, 1.82) is 0 Å². The van der Waals surface area contributed by atoms with Crippen LogP contribution in [0, 0.1) is 0 Å². The SMILES string of the molecule is C=CCn1c(=NC(=O)Cc2cccc(OC)c2)sc2cc(Cl)ccc21. The van der Waals surface area contributed by atoms with Gasteiger partial charge in [-0.3, -0.25) is 4.79 Å². The van der Waals surface area contributed by atoms with E-state index in [1.54, 1.807) is 13.2 Å². The summed E-state index contributed by atoms with van der Waals surface area (Å²) in [4.78, 5) is 17.4. The Morgan fingerprint density at radius 2 is 2.20 bits per heavy atom. The molecular weight excluding hydrogens is 356 g/mol. The van der Waals surface area contributed by atoms with Gasteiger partial charge < -0.3 is 9.30 Å². The van der Waals surface area contributed by atoms with Crippen molar-refractivity contribution in [3.05, 3.63) is 70.5 Å². The Bertz CT molecular complexity index is 1000. The van der Waals surface area contributed by atoms with E-state index in [1.165, 1.54) is 11.3 Å². The van der Waals surface area contributed by atoms with E-state index in [9.17, 15) is 4.79 Å². The van der Waals surface area contributed by atoms with E-state index in [2.05, 4.69) is 11.6 Å². The van der Waals surface area contributed by atoms with E-state index >= 15 is 0 Å². The molecule has 0 fully saturated rings. The summed E-state index contributed by atoms with van der Waals surface area (Å²) in [7, 11) is 1.60. The Morgan fingerprint density at radius 3 is 2.96 bits per heavy atom. The van der Waals surface area contributed by atoms with Crippen molar-refractivity contribution in [3.63, 3.8) is 0 Å². The zero-order valence-electron chi connectivity index (χ0n) is 13.7. The third-order valence-corrected chi connectivity index (χ3v) is 4.94. The molecule has 6 heteroatoms. The monoisotopic (exact) mass is 372 g/mol. The molecule has 0 aliphatic heterocycles. The minimum atomic E-state index is -0.205. The van der Waals surface area contributed by atoms with Gasteiger partial charge in [-0.2, -0.15) is 4.99 Å². The molecule has 0 unspecified atom stereocenters. The molecular formula is C19H17ClN2O2S. The molecule has 0 aliphatic carbocycles. The summed E-state index contributed by atoms with van der Waals surface area (Å²) in [6.07, 6.45) is 2.01. The van der Waals surface area contributed by atoms with Gasteiger partial charge in [0.1, 0.15) is 5.75 Å². The third-order valence-electron chi connectivity index (χ3n) is 3.67. The first-order valence-corrected chi connectivity index (χ1v) is 8.90. The van der Waals surface area contributed by atoms with Crippen LogP contribution in [0.5, 0.6) is 5.75 Å². The molecule has 1 amide bonds. The molecule has 0 aliphatic rings. The molecule has 25 heavy (non-hydrogen) atoms. The lowest BCUT2D eigenvalue weighted by Gasteiger charge is -2.02. The number of carbonyl (C=O) groups is 1. The standard InChI is InChI=1S/C19H17ClN2O2S/c1-3-9-22-16-8-7-14(20)12-17(16)25-19(22)21-18(23)11-13-5-4-6-15(10-13)24-2/h3-8,10,12H,1,9,11H2,2H3. The van der Waals surface area contributed by atoms with Crippen molar-refractivity contribution in [3.8, 4) is 5.75 Å². The minimum absolute atomic E-state index is 0.205. The van der Waals surface area contributed by atoms with Gasteiger partial charge in [-0.05, 0) is 35.9 Å². The van der Waals surface area contributed by atoms with E-state index in [1.807, 2.05) is 47.0 Å². The molecule has 0 bridgehead atoms. The predicted molar refractivity (Wildman–Crippen MR) is 102 cm³/mol. The Morgan fingerprint density at radius 1 is 1.36 bits per heavy atom. The summed E-state index contributed by atoms with van der Waals surface area (Å²) < 4.78 is 8.14. The van der Waals surface area contributed by atoms with Gasteiger partial charge in [0, 0.05) is 11.6 Å². The third kappa shape index (κ3) is 4.00. The van der Waals surface area contributed by atoms with Crippen molar-refractivity contribution in [1.82, 2.24) is 4.57 Å². The first-order valence-electron chi connectivity index (χ1n) is 7.71. The lowest BCUT2D eigenvalue weighted by Crippen LogP contribution is -2.16. The molecule has 0 saturated heterocycles. The molecule has 0 radical (unpaired) electrons. The summed E-state index contributed by atoms with van der Waals surface area (Å²) in [6, 6.07) is 13.1. The Labute approximate surface area is 154 Å². The van der Waals surface area contributed by atoms with Crippen molar-refractivity contribution in [2.24, 2.45) is 4.99 Å². The molecule has 0 spiro atoms. The van der Waals surface area contributed by atoms with Gasteiger partial charge in [-0.1, -0.05) is 41.1 Å². The van der Waals surface area contributed by atoms with Crippen LogP contribution >= 0.6 is 22.9 Å². The van der Waals surface area contributed by atoms with Crippen LogP contribution in [0.3, 0.4) is 0 Å². The molecule has 1 aromatic heterocycles. The molecule has 128 valence electrons. The zero-order valence-corrected chi connectivity index (χ0v) is 15.3. The van der Waals surface area contributed by atoms with E-state index in [0.717, 1.165) is 21.5 Å². The number of rotatable bonds is 5. The first kappa shape index (κ1) is 17.5. The number of nitrogens with zero attached hydrogens (tertiary/aromatic N) is 2. The highest BCUT2D eigenvalue weighted by molar-refractivity contribution is 7.16. The van der Waals surface area contributed by atoms with E-state index in [4.69, 9.17) is 16.3 Å². The maximum absolute atomic E-state index is 12.4. The van der Waals surface area contributed by atoms with Gasteiger partial charge in [0.15, 0.2) is 4.80 Å². The second kappa shape index (κ2) is 7.68. The Hall–Kier alpha value is -2.37. The lowest BCUT2D eigenvalue weighted by atomic mass is 10.1. The topological polar surface area (TPSA) is 43.6 Å². The van der Waals surface area contributed by atoms with Crippen LogP contribution in [-0.2, 0) is 17.8 Å². The number of thiazole rings is 1. The number of halogens is 1. The Kier molecular flexibility index (Phi) is 5.36. The molecule has 0 N–H and O–H groups in total. The highest BCUT2D eigenvalue weighted by Gasteiger charge is 2.08. The van der Waals surface area contributed by atoms with Crippen LogP contribution in [-0.4, -0.2) is 17.6 Å². The van der Waals surface area contributed by atoms with E-state index < -0.39 is 0 Å². The maximum Gasteiger partial charge on any atom is 0.252 e. The normalized spacial score (nSPS) is 11.7. The highest BCUT2D eigenvalue weighted by Crippen LogP contribution is 2.22. The molecule has 3 aromatic rings. The van der Waals surface area contributed by atoms with Crippen LogP contribution in [0.25, 0.3) is 10.2 Å². The number of hydrogen-bond acceptors (Lipinski definition) is 3. The minimum Gasteiger partial charge on any atom is -0.497 e. The van der Waals surface area contributed by atoms with Crippen LogP contribution in [0.1, 0.15) is 5.56 Å². The summed E-state index contributed by atoms with van der Waals surface area (Å²) in [5, 5.41) is 0.661. The predicted octanol–water partition coefficient (Wildman–Crippen LogP) is 4.22. The zero-order chi connectivity index (χ0) is 17.8. The number of ether oxygens (including phenoxy) is 1. The number of hydrogen-bond donors (Lipinski definition) is 0. The highest BCUT2D eigenvalue weighted by atomic mass is 35.5. The van der Waals surface area contributed by atoms with Crippen molar-refractivity contribution in [2.75, 3.05) is 7.11 Å². The fraction of sp³-hybridized carbons (Fsp3) is 0.158. The van der Waals surface area contributed by atoms with Gasteiger partial charge in [-0.25, -0.2) is 0 Å². The number of fused-ring (bicyclic) bond motifs is 1. The molecule has 0 saturated carbocycles. The van der Waals surface area contributed by atoms with Crippen LogP contribution < -0.4 is 9.54 Å². The number of carbonyl (C=O) groups excluding carboxylic acids is 1. The van der Waals surface area contributed by atoms with E-state index in [-0.39, 0.29) is 12.3 Å². The van der Waals surface area contributed by atoms with Crippen LogP contribution in [0.4, 0.5) is 0 Å².